The van der Waals surface area contributed by atoms with Crippen LogP contribution in [0.4, 0.5) is 0 Å². The predicted molar refractivity (Wildman–Crippen MR) is 72.2 cm³/mol. The number of likely N-dealkylation sites (N-methyl/N-ethyl adjacent to an activating group) is 2. The van der Waals surface area contributed by atoms with Gasteiger partial charge in [0.2, 0.25) is 0 Å². The van der Waals surface area contributed by atoms with Gasteiger partial charge >= 0.3 is 0 Å². The van der Waals surface area contributed by atoms with Gasteiger partial charge in [-0.05, 0) is 61.3 Å². The van der Waals surface area contributed by atoms with Crippen LogP contribution >= 0.6 is 0 Å². The Hall–Kier alpha value is -0.160. The summed E-state index contributed by atoms with van der Waals surface area (Å²) in [6, 6.07) is 0. The van der Waals surface area contributed by atoms with Gasteiger partial charge in [-0.3, -0.25) is 0 Å². The molecule has 0 saturated carbocycles. The van der Waals surface area contributed by atoms with E-state index in [0.717, 1.165) is 19.5 Å². The first-order valence-corrected chi connectivity index (χ1v) is 6.31. The molecular formula is C13H30N2O2. The summed E-state index contributed by atoms with van der Waals surface area (Å²) in [5.41, 5.74) is -1.26. The first-order valence-electron chi connectivity index (χ1n) is 6.31. The first-order chi connectivity index (χ1) is 7.49. The first kappa shape index (κ1) is 16.8. The molecule has 4 nitrogen and oxygen atoms in total. The van der Waals surface area contributed by atoms with Gasteiger partial charge in [0.15, 0.2) is 0 Å². The Morgan fingerprint density at radius 1 is 0.765 bits per heavy atom. The van der Waals surface area contributed by atoms with Crippen molar-refractivity contribution in [3.05, 3.63) is 0 Å². The summed E-state index contributed by atoms with van der Waals surface area (Å²) in [7, 11) is 4.04. The molecule has 0 rings (SSSR count). The zero-order chi connectivity index (χ0) is 13.7. The molecule has 0 unspecified atom stereocenters. The molecule has 2 N–H and O–H groups in total. The van der Waals surface area contributed by atoms with E-state index < -0.39 is 11.2 Å². The Bertz CT molecular complexity index is 184. The molecule has 0 aromatic heterocycles. The number of aliphatic hydroxyl groups is 2. The van der Waals surface area contributed by atoms with Gasteiger partial charge in [-0.15, -0.1) is 0 Å². The average Bonchev–Trinajstić information content (AvgIpc) is 1.95. The van der Waals surface area contributed by atoms with Gasteiger partial charge in [-0.25, -0.2) is 0 Å². The lowest BCUT2D eigenvalue weighted by molar-refractivity contribution is 0.0372. The van der Waals surface area contributed by atoms with Gasteiger partial charge in [0.25, 0.3) is 0 Å². The van der Waals surface area contributed by atoms with Crippen LogP contribution in [0.25, 0.3) is 0 Å². The largest absolute Gasteiger partial charge is 0.389 e. The number of rotatable bonds is 8. The summed E-state index contributed by atoms with van der Waals surface area (Å²) in [6.07, 6.45) is 1.04. The maximum absolute atomic E-state index is 9.66. The maximum atomic E-state index is 9.66. The van der Waals surface area contributed by atoms with Crippen LogP contribution in [0.5, 0.6) is 0 Å². The van der Waals surface area contributed by atoms with E-state index in [2.05, 4.69) is 9.80 Å². The highest BCUT2D eigenvalue weighted by molar-refractivity contribution is 4.72. The highest BCUT2D eigenvalue weighted by Crippen LogP contribution is 2.05. The molecule has 4 heteroatoms. The molecule has 0 aromatic rings. The average molecular weight is 246 g/mol. The van der Waals surface area contributed by atoms with Crippen molar-refractivity contribution in [2.75, 3.05) is 40.3 Å². The molecule has 0 bridgehead atoms. The van der Waals surface area contributed by atoms with Crippen molar-refractivity contribution in [1.29, 1.82) is 0 Å². The van der Waals surface area contributed by atoms with Crippen molar-refractivity contribution >= 4 is 0 Å². The quantitative estimate of drug-likeness (QED) is 0.664. The van der Waals surface area contributed by atoms with Crippen molar-refractivity contribution in [2.24, 2.45) is 0 Å². The minimum Gasteiger partial charge on any atom is -0.389 e. The summed E-state index contributed by atoms with van der Waals surface area (Å²) >= 11 is 0. The normalized spacial score (nSPS) is 13.8. The molecule has 0 radical (unpaired) electrons. The monoisotopic (exact) mass is 246 g/mol. The van der Waals surface area contributed by atoms with Gasteiger partial charge in [0.1, 0.15) is 0 Å². The SMILES string of the molecule is CN(CCCN(C)CC(C)(C)O)CC(C)(C)O. The summed E-state index contributed by atoms with van der Waals surface area (Å²) < 4.78 is 0. The van der Waals surface area contributed by atoms with Crippen molar-refractivity contribution < 1.29 is 10.2 Å². The zero-order valence-corrected chi connectivity index (χ0v) is 12.3. The molecule has 0 heterocycles. The van der Waals surface area contributed by atoms with Gasteiger partial charge in [0.05, 0.1) is 11.2 Å². The summed E-state index contributed by atoms with van der Waals surface area (Å²) in [5, 5.41) is 19.3. The Kier molecular flexibility index (Phi) is 6.62. The lowest BCUT2D eigenvalue weighted by Gasteiger charge is -2.28. The zero-order valence-electron chi connectivity index (χ0n) is 12.3. The van der Waals surface area contributed by atoms with Crippen LogP contribution in [0.1, 0.15) is 34.1 Å². The smallest absolute Gasteiger partial charge is 0.0718 e. The van der Waals surface area contributed by atoms with Crippen LogP contribution in [0.3, 0.4) is 0 Å². The molecule has 0 aromatic carbocycles. The Labute approximate surface area is 106 Å². The molecule has 0 spiro atoms. The Balaban J connectivity index is 3.70. The fourth-order valence-electron chi connectivity index (χ4n) is 2.09. The summed E-state index contributed by atoms with van der Waals surface area (Å²) in [6.45, 7) is 10.6. The minimum atomic E-state index is -0.631. The molecule has 17 heavy (non-hydrogen) atoms. The predicted octanol–water partition coefficient (Wildman–Crippen LogP) is 0.782. The van der Waals surface area contributed by atoms with Gasteiger partial charge < -0.3 is 20.0 Å². The summed E-state index contributed by atoms with van der Waals surface area (Å²) in [4.78, 5) is 4.27. The summed E-state index contributed by atoms with van der Waals surface area (Å²) in [5.74, 6) is 0. The van der Waals surface area contributed by atoms with Gasteiger partial charge in [-0.1, -0.05) is 0 Å². The molecule has 104 valence electrons. The topological polar surface area (TPSA) is 46.9 Å². The van der Waals surface area contributed by atoms with Crippen LogP contribution in [0.2, 0.25) is 0 Å². The Morgan fingerprint density at radius 2 is 1.06 bits per heavy atom. The van der Waals surface area contributed by atoms with E-state index in [-0.39, 0.29) is 0 Å². The molecule has 0 aliphatic heterocycles. The number of hydrogen-bond donors (Lipinski definition) is 2. The van der Waals surface area contributed by atoms with E-state index in [1.54, 1.807) is 0 Å². The van der Waals surface area contributed by atoms with Crippen LogP contribution in [0, 0.1) is 0 Å². The van der Waals surface area contributed by atoms with Crippen LogP contribution < -0.4 is 0 Å². The second kappa shape index (κ2) is 6.69. The second-order valence-electron chi connectivity index (χ2n) is 6.45. The van der Waals surface area contributed by atoms with Gasteiger partial charge in [0, 0.05) is 13.1 Å². The van der Waals surface area contributed by atoms with Crippen LogP contribution in [0.15, 0.2) is 0 Å². The van der Waals surface area contributed by atoms with E-state index in [1.807, 2.05) is 41.8 Å². The van der Waals surface area contributed by atoms with E-state index in [4.69, 9.17) is 0 Å². The molecule has 0 fully saturated rings. The van der Waals surface area contributed by atoms with Crippen molar-refractivity contribution in [3.8, 4) is 0 Å². The number of hydrogen-bond acceptors (Lipinski definition) is 4. The lowest BCUT2D eigenvalue weighted by Crippen LogP contribution is -2.39. The maximum Gasteiger partial charge on any atom is 0.0718 e. The van der Waals surface area contributed by atoms with Crippen molar-refractivity contribution in [1.82, 2.24) is 9.80 Å². The second-order valence-corrected chi connectivity index (χ2v) is 6.45. The fourth-order valence-corrected chi connectivity index (χ4v) is 2.09. The molecular weight excluding hydrogens is 216 g/mol. The third-order valence-electron chi connectivity index (χ3n) is 2.39. The van der Waals surface area contributed by atoms with Crippen molar-refractivity contribution in [3.63, 3.8) is 0 Å². The van der Waals surface area contributed by atoms with Crippen molar-refractivity contribution in [2.45, 2.75) is 45.3 Å². The Morgan fingerprint density at radius 3 is 1.29 bits per heavy atom. The molecule has 0 amide bonds. The molecule has 0 atom stereocenters. The molecule has 0 aliphatic rings. The third kappa shape index (κ3) is 12.1. The standard InChI is InChI=1S/C13H30N2O2/c1-12(2,16)10-14(5)8-7-9-15(6)11-13(3,4)17/h16-17H,7-11H2,1-6H3. The van der Waals surface area contributed by atoms with E-state index in [9.17, 15) is 10.2 Å². The third-order valence-corrected chi connectivity index (χ3v) is 2.39. The van der Waals surface area contributed by atoms with Crippen LogP contribution in [-0.4, -0.2) is 71.5 Å². The highest BCUT2D eigenvalue weighted by atomic mass is 16.3. The van der Waals surface area contributed by atoms with Gasteiger partial charge in [-0.2, -0.15) is 0 Å². The minimum absolute atomic E-state index is 0.631. The van der Waals surface area contributed by atoms with Crippen LogP contribution in [-0.2, 0) is 0 Å². The molecule has 0 saturated heterocycles. The molecule has 0 aliphatic carbocycles. The number of nitrogens with zero attached hydrogens (tertiary/aromatic N) is 2. The van der Waals surface area contributed by atoms with E-state index in [0.29, 0.717) is 13.1 Å². The highest BCUT2D eigenvalue weighted by Gasteiger charge is 2.17. The fraction of sp³-hybridized carbons (Fsp3) is 1.00. The van der Waals surface area contributed by atoms with E-state index in [1.165, 1.54) is 0 Å². The van der Waals surface area contributed by atoms with E-state index >= 15 is 0 Å². The lowest BCUT2D eigenvalue weighted by atomic mass is 10.1.